The van der Waals surface area contributed by atoms with E-state index in [0.29, 0.717) is 12.8 Å². The number of carbonyl (C=O) groups excluding carboxylic acids is 2. The number of carbonyl (C=O) groups is 2. The SMILES string of the molecule is COC(=O)CCCCCCC(=O)Nc1ccccc1-c1ccccc1. The number of methoxy groups -OCH3 is 1. The number of nitrogens with one attached hydrogen (secondary N) is 1. The Hall–Kier alpha value is -2.62. The molecule has 0 atom stereocenters. The molecule has 1 N–H and O–H groups in total. The summed E-state index contributed by atoms with van der Waals surface area (Å²) in [5.74, 6) is -0.147. The second kappa shape index (κ2) is 10.3. The van der Waals surface area contributed by atoms with Crippen molar-refractivity contribution >= 4 is 17.6 Å². The van der Waals surface area contributed by atoms with Gasteiger partial charge in [0.2, 0.25) is 5.91 Å². The number of hydrogen-bond donors (Lipinski definition) is 1. The first-order valence-electron chi connectivity index (χ1n) is 8.72. The fourth-order valence-corrected chi connectivity index (χ4v) is 2.68. The summed E-state index contributed by atoms with van der Waals surface area (Å²) in [7, 11) is 1.40. The van der Waals surface area contributed by atoms with Gasteiger partial charge in [-0.15, -0.1) is 0 Å². The summed E-state index contributed by atoms with van der Waals surface area (Å²) in [5, 5.41) is 3.01. The van der Waals surface area contributed by atoms with Crippen molar-refractivity contribution in [2.45, 2.75) is 38.5 Å². The first-order chi connectivity index (χ1) is 12.2. The number of esters is 1. The number of benzene rings is 2. The molecule has 0 aromatic heterocycles. The highest BCUT2D eigenvalue weighted by Gasteiger charge is 2.08. The maximum absolute atomic E-state index is 12.2. The van der Waals surface area contributed by atoms with Gasteiger partial charge in [-0.2, -0.15) is 0 Å². The smallest absolute Gasteiger partial charge is 0.305 e. The topological polar surface area (TPSA) is 55.4 Å². The van der Waals surface area contributed by atoms with Crippen molar-refractivity contribution in [3.63, 3.8) is 0 Å². The van der Waals surface area contributed by atoms with E-state index in [1.807, 2.05) is 54.6 Å². The third-order valence-corrected chi connectivity index (χ3v) is 4.05. The van der Waals surface area contributed by atoms with Crippen LogP contribution in [0, 0.1) is 0 Å². The molecule has 132 valence electrons. The van der Waals surface area contributed by atoms with Crippen LogP contribution in [0.15, 0.2) is 54.6 Å². The highest BCUT2D eigenvalue weighted by Crippen LogP contribution is 2.27. The van der Waals surface area contributed by atoms with E-state index >= 15 is 0 Å². The molecular formula is C21H25NO3. The van der Waals surface area contributed by atoms with Gasteiger partial charge in [0.1, 0.15) is 0 Å². The molecule has 25 heavy (non-hydrogen) atoms. The Morgan fingerprint density at radius 3 is 2.20 bits per heavy atom. The van der Waals surface area contributed by atoms with Gasteiger partial charge in [-0.3, -0.25) is 9.59 Å². The minimum atomic E-state index is -0.171. The van der Waals surface area contributed by atoms with Gasteiger partial charge in [0, 0.05) is 24.1 Å². The number of unbranched alkanes of at least 4 members (excludes halogenated alkanes) is 3. The van der Waals surface area contributed by atoms with Crippen LogP contribution in [0.3, 0.4) is 0 Å². The van der Waals surface area contributed by atoms with Crippen molar-refractivity contribution in [1.82, 2.24) is 0 Å². The van der Waals surface area contributed by atoms with E-state index in [1.54, 1.807) is 0 Å². The molecule has 0 heterocycles. The molecule has 0 saturated carbocycles. The van der Waals surface area contributed by atoms with E-state index in [-0.39, 0.29) is 11.9 Å². The average molecular weight is 339 g/mol. The lowest BCUT2D eigenvalue weighted by molar-refractivity contribution is -0.140. The molecule has 4 heteroatoms. The standard InChI is InChI=1S/C21H25NO3/c1-25-21(24)16-8-3-2-7-15-20(23)22-19-14-10-9-13-18(19)17-11-5-4-6-12-17/h4-6,9-14H,2-3,7-8,15-16H2,1H3,(H,22,23). The third-order valence-electron chi connectivity index (χ3n) is 4.05. The Balaban J connectivity index is 1.79. The van der Waals surface area contributed by atoms with E-state index in [0.717, 1.165) is 42.5 Å². The zero-order chi connectivity index (χ0) is 17.9. The van der Waals surface area contributed by atoms with Crippen LogP contribution >= 0.6 is 0 Å². The van der Waals surface area contributed by atoms with Crippen LogP contribution in [-0.4, -0.2) is 19.0 Å². The predicted octanol–water partition coefficient (Wildman–Crippen LogP) is 4.81. The van der Waals surface area contributed by atoms with Crippen LogP contribution in [0.5, 0.6) is 0 Å². The quantitative estimate of drug-likeness (QED) is 0.527. The van der Waals surface area contributed by atoms with Gasteiger partial charge in [0.05, 0.1) is 7.11 Å². The van der Waals surface area contributed by atoms with Crippen molar-refractivity contribution in [3.8, 4) is 11.1 Å². The second-order valence-electron chi connectivity index (χ2n) is 5.95. The highest BCUT2D eigenvalue weighted by atomic mass is 16.5. The molecule has 0 bridgehead atoms. The molecule has 0 aliphatic carbocycles. The minimum Gasteiger partial charge on any atom is -0.469 e. The van der Waals surface area contributed by atoms with Gasteiger partial charge in [0.15, 0.2) is 0 Å². The van der Waals surface area contributed by atoms with Crippen molar-refractivity contribution < 1.29 is 14.3 Å². The molecule has 2 rings (SSSR count). The zero-order valence-electron chi connectivity index (χ0n) is 14.7. The van der Waals surface area contributed by atoms with Crippen molar-refractivity contribution in [2.75, 3.05) is 12.4 Å². The first-order valence-corrected chi connectivity index (χ1v) is 8.72. The third kappa shape index (κ3) is 6.42. The van der Waals surface area contributed by atoms with Crippen LogP contribution < -0.4 is 5.32 Å². The van der Waals surface area contributed by atoms with Crippen LogP contribution in [0.2, 0.25) is 0 Å². The molecule has 2 aromatic rings. The lowest BCUT2D eigenvalue weighted by Gasteiger charge is -2.11. The number of rotatable bonds is 9. The van der Waals surface area contributed by atoms with Gasteiger partial charge in [0.25, 0.3) is 0 Å². The molecule has 0 saturated heterocycles. The summed E-state index contributed by atoms with van der Waals surface area (Å²) in [6.45, 7) is 0. The number of anilines is 1. The Morgan fingerprint density at radius 1 is 0.840 bits per heavy atom. The number of amides is 1. The van der Waals surface area contributed by atoms with Gasteiger partial charge >= 0.3 is 5.97 Å². The molecular weight excluding hydrogens is 314 g/mol. The maximum Gasteiger partial charge on any atom is 0.305 e. The maximum atomic E-state index is 12.2. The Labute approximate surface area is 149 Å². The molecule has 0 aliphatic rings. The average Bonchev–Trinajstić information content (AvgIpc) is 2.65. The zero-order valence-corrected chi connectivity index (χ0v) is 14.7. The van der Waals surface area contributed by atoms with E-state index in [4.69, 9.17) is 0 Å². The van der Waals surface area contributed by atoms with E-state index in [2.05, 4.69) is 10.1 Å². The normalized spacial score (nSPS) is 10.3. The number of para-hydroxylation sites is 1. The van der Waals surface area contributed by atoms with Crippen molar-refractivity contribution in [2.24, 2.45) is 0 Å². The lowest BCUT2D eigenvalue weighted by Crippen LogP contribution is -2.11. The summed E-state index contributed by atoms with van der Waals surface area (Å²) in [5.41, 5.74) is 2.94. The summed E-state index contributed by atoms with van der Waals surface area (Å²) in [4.78, 5) is 23.2. The summed E-state index contributed by atoms with van der Waals surface area (Å²) in [6, 6.07) is 17.9. The van der Waals surface area contributed by atoms with E-state index in [1.165, 1.54) is 7.11 Å². The van der Waals surface area contributed by atoms with Crippen molar-refractivity contribution in [3.05, 3.63) is 54.6 Å². The van der Waals surface area contributed by atoms with Crippen LogP contribution in [-0.2, 0) is 14.3 Å². The molecule has 0 radical (unpaired) electrons. The Bertz CT molecular complexity index is 683. The summed E-state index contributed by atoms with van der Waals surface area (Å²) >= 11 is 0. The molecule has 1 amide bonds. The largest absolute Gasteiger partial charge is 0.469 e. The molecule has 0 unspecified atom stereocenters. The van der Waals surface area contributed by atoms with Gasteiger partial charge in [-0.25, -0.2) is 0 Å². The van der Waals surface area contributed by atoms with Crippen molar-refractivity contribution in [1.29, 1.82) is 0 Å². The highest BCUT2D eigenvalue weighted by molar-refractivity contribution is 5.95. The molecule has 2 aromatic carbocycles. The van der Waals surface area contributed by atoms with Crippen LogP contribution in [0.25, 0.3) is 11.1 Å². The minimum absolute atomic E-state index is 0.0244. The summed E-state index contributed by atoms with van der Waals surface area (Å²) < 4.78 is 4.61. The summed E-state index contributed by atoms with van der Waals surface area (Å²) in [6.07, 6.45) is 4.44. The van der Waals surface area contributed by atoms with Crippen LogP contribution in [0.1, 0.15) is 38.5 Å². The fraction of sp³-hybridized carbons (Fsp3) is 0.333. The van der Waals surface area contributed by atoms with E-state index < -0.39 is 0 Å². The van der Waals surface area contributed by atoms with Gasteiger partial charge in [-0.05, 0) is 24.5 Å². The number of ether oxygens (including phenoxy) is 1. The van der Waals surface area contributed by atoms with Gasteiger partial charge < -0.3 is 10.1 Å². The second-order valence-corrected chi connectivity index (χ2v) is 5.95. The molecule has 4 nitrogen and oxygen atoms in total. The predicted molar refractivity (Wildman–Crippen MR) is 100 cm³/mol. The fourth-order valence-electron chi connectivity index (χ4n) is 2.68. The Morgan fingerprint density at radius 2 is 1.48 bits per heavy atom. The van der Waals surface area contributed by atoms with E-state index in [9.17, 15) is 9.59 Å². The molecule has 0 fully saturated rings. The monoisotopic (exact) mass is 339 g/mol. The Kier molecular flexibility index (Phi) is 7.70. The van der Waals surface area contributed by atoms with Gasteiger partial charge in [-0.1, -0.05) is 61.4 Å². The van der Waals surface area contributed by atoms with Crippen LogP contribution in [0.4, 0.5) is 5.69 Å². The lowest BCUT2D eigenvalue weighted by atomic mass is 10.0. The first kappa shape index (κ1) is 18.7. The molecule has 0 spiro atoms. The number of hydrogen-bond acceptors (Lipinski definition) is 3. The molecule has 0 aliphatic heterocycles.